The summed E-state index contributed by atoms with van der Waals surface area (Å²) >= 11 is 0. The minimum Gasteiger partial charge on any atom is -0.458 e. The van der Waals surface area contributed by atoms with Crippen LogP contribution in [0, 0.1) is 40.4 Å². The Kier molecular flexibility index (Phi) is 4.55. The van der Waals surface area contributed by atoms with Crippen molar-refractivity contribution in [3.05, 3.63) is 23.3 Å². The van der Waals surface area contributed by atoms with Gasteiger partial charge in [0.2, 0.25) is 0 Å². The first-order valence-electron chi connectivity index (χ1n) is 13.0. The quantitative estimate of drug-likeness (QED) is 0.495. The molecule has 0 amide bonds. The first-order chi connectivity index (χ1) is 15.6. The van der Waals surface area contributed by atoms with Crippen LogP contribution in [0.25, 0.3) is 0 Å². The smallest absolute Gasteiger partial charge is 0.333 e. The lowest BCUT2D eigenvalue weighted by Crippen LogP contribution is -2.63. The standard InChI is InChI=1S/C28H38O5/c1-14-12-21(32-25(31)15(14)2)16(3)18-6-7-19-17-13-24-28(33-24)23(30)9-8-22(29)27(28,5)20(17)10-11-26(18,19)4/h8-9,16-21,23-24,30H,6-7,10-13H2,1-5H3/t16?,17-,18+,19-,20-,21?,23-,24+,26+,27-,28+/m0/s1. The summed E-state index contributed by atoms with van der Waals surface area (Å²) in [6, 6.07) is 0. The van der Waals surface area contributed by atoms with E-state index in [2.05, 4.69) is 27.7 Å². The van der Waals surface area contributed by atoms with E-state index in [4.69, 9.17) is 9.47 Å². The number of rotatable bonds is 2. The van der Waals surface area contributed by atoms with E-state index in [-0.39, 0.29) is 35.3 Å². The molecule has 0 aromatic rings. The van der Waals surface area contributed by atoms with E-state index in [1.54, 1.807) is 12.2 Å². The van der Waals surface area contributed by atoms with Crippen LogP contribution in [-0.2, 0) is 19.1 Å². The Morgan fingerprint density at radius 1 is 1.12 bits per heavy atom. The molecule has 4 aliphatic carbocycles. The largest absolute Gasteiger partial charge is 0.458 e. The van der Waals surface area contributed by atoms with Crippen LogP contribution in [0.5, 0.6) is 0 Å². The second kappa shape index (κ2) is 6.81. The summed E-state index contributed by atoms with van der Waals surface area (Å²) in [7, 11) is 0. The van der Waals surface area contributed by atoms with Gasteiger partial charge in [-0.3, -0.25) is 4.79 Å². The minimum atomic E-state index is -0.697. The fourth-order valence-corrected chi connectivity index (χ4v) is 9.54. The number of esters is 1. The third kappa shape index (κ3) is 2.56. The van der Waals surface area contributed by atoms with E-state index < -0.39 is 17.1 Å². The number of ether oxygens (including phenoxy) is 2. The van der Waals surface area contributed by atoms with E-state index >= 15 is 0 Å². The van der Waals surface area contributed by atoms with E-state index in [9.17, 15) is 14.7 Å². The Balaban J connectivity index is 1.28. The summed E-state index contributed by atoms with van der Waals surface area (Å²) in [6.07, 6.45) is 8.75. The monoisotopic (exact) mass is 454 g/mol. The molecule has 2 aliphatic heterocycles. The Labute approximate surface area is 197 Å². The lowest BCUT2D eigenvalue weighted by molar-refractivity contribution is -0.155. The molecular weight excluding hydrogens is 416 g/mol. The summed E-state index contributed by atoms with van der Waals surface area (Å²) in [5.74, 6) is 2.09. The molecule has 2 heterocycles. The average molecular weight is 455 g/mol. The van der Waals surface area contributed by atoms with E-state index in [0.717, 1.165) is 43.3 Å². The number of aliphatic hydroxyl groups excluding tert-OH is 1. The molecule has 6 aliphatic rings. The molecule has 0 radical (unpaired) electrons. The summed E-state index contributed by atoms with van der Waals surface area (Å²) in [6.45, 7) is 10.8. The molecule has 5 nitrogen and oxygen atoms in total. The van der Waals surface area contributed by atoms with Gasteiger partial charge in [0.25, 0.3) is 0 Å². The Morgan fingerprint density at radius 2 is 1.88 bits per heavy atom. The lowest BCUT2D eigenvalue weighted by atomic mass is 9.44. The van der Waals surface area contributed by atoms with Crippen LogP contribution in [0.2, 0.25) is 0 Å². The number of epoxide rings is 1. The molecule has 6 rings (SSSR count). The van der Waals surface area contributed by atoms with Crippen LogP contribution < -0.4 is 0 Å². The van der Waals surface area contributed by atoms with Gasteiger partial charge in [-0.1, -0.05) is 19.4 Å². The number of ketones is 1. The Hall–Kier alpha value is -1.46. The third-order valence-corrected chi connectivity index (χ3v) is 11.6. The highest BCUT2D eigenvalue weighted by molar-refractivity contribution is 5.98. The van der Waals surface area contributed by atoms with Gasteiger partial charge in [-0.2, -0.15) is 0 Å². The predicted molar refractivity (Wildman–Crippen MR) is 123 cm³/mol. The molecule has 3 saturated carbocycles. The van der Waals surface area contributed by atoms with Crippen LogP contribution in [0.15, 0.2) is 23.3 Å². The van der Waals surface area contributed by atoms with Crippen molar-refractivity contribution in [2.24, 2.45) is 40.4 Å². The number of fused-ring (bicyclic) bond motifs is 4. The van der Waals surface area contributed by atoms with Crippen molar-refractivity contribution in [1.82, 2.24) is 0 Å². The van der Waals surface area contributed by atoms with Gasteiger partial charge in [0, 0.05) is 12.0 Å². The topological polar surface area (TPSA) is 76.1 Å². The van der Waals surface area contributed by atoms with Gasteiger partial charge < -0.3 is 14.6 Å². The predicted octanol–water partition coefficient (Wildman–Crippen LogP) is 4.38. The zero-order valence-electron chi connectivity index (χ0n) is 20.6. The van der Waals surface area contributed by atoms with Crippen molar-refractivity contribution in [2.45, 2.75) is 97.1 Å². The van der Waals surface area contributed by atoms with Gasteiger partial charge in [0.05, 0.1) is 11.5 Å². The van der Waals surface area contributed by atoms with Crippen LogP contribution in [0.4, 0.5) is 0 Å². The molecule has 4 fully saturated rings. The lowest BCUT2D eigenvalue weighted by Gasteiger charge is -2.58. The fourth-order valence-electron chi connectivity index (χ4n) is 9.54. The van der Waals surface area contributed by atoms with Crippen molar-refractivity contribution >= 4 is 11.8 Å². The van der Waals surface area contributed by atoms with E-state index in [0.29, 0.717) is 23.7 Å². The average Bonchev–Trinajstić information content (AvgIpc) is 3.41. The molecule has 0 aromatic heterocycles. The molecule has 1 N–H and O–H groups in total. The van der Waals surface area contributed by atoms with E-state index in [1.165, 1.54) is 6.42 Å². The fraction of sp³-hybridized carbons (Fsp3) is 0.786. The zero-order valence-corrected chi connectivity index (χ0v) is 20.6. The van der Waals surface area contributed by atoms with Crippen molar-refractivity contribution in [2.75, 3.05) is 0 Å². The normalized spacial score (nSPS) is 53.6. The van der Waals surface area contributed by atoms with Crippen LogP contribution in [0.1, 0.15) is 73.1 Å². The van der Waals surface area contributed by atoms with Gasteiger partial charge >= 0.3 is 5.97 Å². The first-order valence-corrected chi connectivity index (χ1v) is 13.0. The zero-order chi connectivity index (χ0) is 23.5. The maximum Gasteiger partial charge on any atom is 0.333 e. The number of carbonyl (C=O) groups is 2. The highest BCUT2D eigenvalue weighted by Crippen LogP contribution is 2.73. The van der Waals surface area contributed by atoms with Crippen LogP contribution in [-0.4, -0.2) is 40.8 Å². The molecule has 5 heteroatoms. The molecular formula is C28H38O5. The van der Waals surface area contributed by atoms with Gasteiger partial charge in [0.1, 0.15) is 17.8 Å². The second-order valence-electron chi connectivity index (χ2n) is 12.5. The van der Waals surface area contributed by atoms with Gasteiger partial charge in [-0.15, -0.1) is 0 Å². The Morgan fingerprint density at radius 3 is 2.61 bits per heavy atom. The van der Waals surface area contributed by atoms with Crippen molar-refractivity contribution in [3.63, 3.8) is 0 Å². The molecule has 180 valence electrons. The first kappa shape index (κ1) is 22.0. The summed E-state index contributed by atoms with van der Waals surface area (Å²) in [5, 5.41) is 10.8. The number of allylic oxidation sites excluding steroid dienone is 1. The van der Waals surface area contributed by atoms with Gasteiger partial charge in [-0.25, -0.2) is 4.79 Å². The molecule has 0 bridgehead atoms. The van der Waals surface area contributed by atoms with Crippen LogP contribution >= 0.6 is 0 Å². The molecule has 1 saturated heterocycles. The van der Waals surface area contributed by atoms with Gasteiger partial charge in [-0.05, 0) is 100 Å². The molecule has 33 heavy (non-hydrogen) atoms. The summed E-state index contributed by atoms with van der Waals surface area (Å²) in [5.41, 5.74) is 0.798. The minimum absolute atomic E-state index is 0.0125. The third-order valence-electron chi connectivity index (χ3n) is 11.6. The van der Waals surface area contributed by atoms with E-state index in [1.807, 2.05) is 6.92 Å². The number of hydrogen-bond acceptors (Lipinski definition) is 5. The maximum atomic E-state index is 13.3. The molecule has 1 spiro atoms. The Bertz CT molecular complexity index is 981. The number of hydrogen-bond donors (Lipinski definition) is 1. The number of aliphatic hydroxyl groups is 1. The maximum absolute atomic E-state index is 13.3. The van der Waals surface area contributed by atoms with Crippen molar-refractivity contribution < 1.29 is 24.2 Å². The van der Waals surface area contributed by atoms with Crippen LogP contribution in [0.3, 0.4) is 0 Å². The van der Waals surface area contributed by atoms with Gasteiger partial charge in [0.15, 0.2) is 5.78 Å². The van der Waals surface area contributed by atoms with Crippen molar-refractivity contribution in [1.29, 1.82) is 0 Å². The highest BCUT2D eigenvalue weighted by atomic mass is 16.6. The second-order valence-corrected chi connectivity index (χ2v) is 12.5. The summed E-state index contributed by atoms with van der Waals surface area (Å²) in [4.78, 5) is 25.7. The highest BCUT2D eigenvalue weighted by Gasteiger charge is 2.80. The number of carbonyl (C=O) groups excluding carboxylic acids is 2. The molecule has 11 atom stereocenters. The summed E-state index contributed by atoms with van der Waals surface area (Å²) < 4.78 is 12.2. The molecule has 0 aromatic carbocycles. The van der Waals surface area contributed by atoms with Crippen molar-refractivity contribution in [3.8, 4) is 0 Å². The molecule has 2 unspecified atom stereocenters. The SMILES string of the molecule is CC1=C(C)C(=O)OC(C(C)[C@H]2CC[C@H]3[C@@H]4C[C@H]5O[C@]56[C@@H](O)C=CC(=O)[C@]6(C)[C@H]4CC[C@]23C)C1. The number of cyclic esters (lactones) is 1.